The Hall–Kier alpha value is -3.20. The first-order valence-corrected chi connectivity index (χ1v) is 10.5. The number of amides is 1. The summed E-state index contributed by atoms with van der Waals surface area (Å²) in [6.45, 7) is 3.02. The lowest BCUT2D eigenvalue weighted by atomic mass is 10.1. The van der Waals surface area contributed by atoms with Crippen molar-refractivity contribution in [2.24, 2.45) is 0 Å². The van der Waals surface area contributed by atoms with Gasteiger partial charge in [-0.25, -0.2) is 0 Å². The van der Waals surface area contributed by atoms with Crippen LogP contribution in [0.5, 0.6) is 17.2 Å². The Balaban J connectivity index is 1.38. The lowest BCUT2D eigenvalue weighted by Crippen LogP contribution is -2.28. The number of fused-ring (bicyclic) bond motifs is 1. The van der Waals surface area contributed by atoms with Gasteiger partial charge in [0.1, 0.15) is 25.3 Å². The summed E-state index contributed by atoms with van der Waals surface area (Å²) in [5.41, 5.74) is 1.77. The third-order valence-electron chi connectivity index (χ3n) is 4.64. The Morgan fingerprint density at radius 3 is 2.87 bits per heavy atom. The van der Waals surface area contributed by atoms with E-state index in [1.807, 2.05) is 49.4 Å². The summed E-state index contributed by atoms with van der Waals surface area (Å²) < 4.78 is 18.4. The van der Waals surface area contributed by atoms with Crippen LogP contribution < -0.4 is 19.5 Å². The lowest BCUT2D eigenvalue weighted by Gasteiger charge is -2.21. The smallest absolute Gasteiger partial charge is 0.230 e. The molecule has 2 heterocycles. The van der Waals surface area contributed by atoms with E-state index in [2.05, 4.69) is 15.5 Å². The molecule has 0 fully saturated rings. The maximum Gasteiger partial charge on any atom is 0.230 e. The molecule has 1 aliphatic rings. The van der Waals surface area contributed by atoms with Gasteiger partial charge >= 0.3 is 0 Å². The van der Waals surface area contributed by atoms with Crippen LogP contribution in [0.25, 0.3) is 5.69 Å². The zero-order valence-electron chi connectivity index (χ0n) is 16.7. The molecule has 3 aromatic rings. The molecular weight excluding hydrogens is 404 g/mol. The number of hydrogen-bond donors (Lipinski definition) is 1. The van der Waals surface area contributed by atoms with Crippen LogP contribution in [0, 0.1) is 0 Å². The summed E-state index contributed by atoms with van der Waals surface area (Å²) in [6.07, 6.45) is 1.61. The molecule has 1 aliphatic heterocycles. The standard InChI is InChI=1S/C21H22N4O4S/c1-14(15-7-8-18-19(11-15)29-10-9-28-18)23-20(26)12-30-21-24-22-13-25(21)16-5-3-4-6-17(16)27-2/h3-8,11,13-14H,9-10,12H2,1-2H3,(H,23,26)/t14-/m1/s1. The fourth-order valence-corrected chi connectivity index (χ4v) is 3.88. The minimum Gasteiger partial charge on any atom is -0.495 e. The minimum atomic E-state index is -0.166. The number of ether oxygens (including phenoxy) is 3. The lowest BCUT2D eigenvalue weighted by molar-refractivity contribution is -0.119. The van der Waals surface area contributed by atoms with E-state index in [1.165, 1.54) is 11.8 Å². The Morgan fingerprint density at radius 1 is 1.23 bits per heavy atom. The second-order valence-corrected chi connectivity index (χ2v) is 7.58. The highest BCUT2D eigenvalue weighted by Gasteiger charge is 2.17. The molecule has 0 saturated carbocycles. The van der Waals surface area contributed by atoms with Crippen molar-refractivity contribution in [3.63, 3.8) is 0 Å². The van der Waals surface area contributed by atoms with Gasteiger partial charge in [0.15, 0.2) is 16.7 Å². The predicted molar refractivity (Wildman–Crippen MR) is 113 cm³/mol. The monoisotopic (exact) mass is 426 g/mol. The van der Waals surface area contributed by atoms with Gasteiger partial charge in [-0.2, -0.15) is 0 Å². The van der Waals surface area contributed by atoms with Gasteiger partial charge in [0, 0.05) is 0 Å². The fourth-order valence-electron chi connectivity index (χ4n) is 3.14. The Labute approximate surface area is 178 Å². The van der Waals surface area contributed by atoms with E-state index in [0.717, 1.165) is 17.0 Å². The van der Waals surface area contributed by atoms with Crippen molar-refractivity contribution >= 4 is 17.7 Å². The normalized spacial score (nSPS) is 13.5. The van der Waals surface area contributed by atoms with Crippen molar-refractivity contribution in [2.45, 2.75) is 18.1 Å². The van der Waals surface area contributed by atoms with E-state index in [4.69, 9.17) is 14.2 Å². The quantitative estimate of drug-likeness (QED) is 0.581. The summed E-state index contributed by atoms with van der Waals surface area (Å²) in [7, 11) is 1.61. The number of thioether (sulfide) groups is 1. The first-order valence-electron chi connectivity index (χ1n) is 9.51. The van der Waals surface area contributed by atoms with Gasteiger partial charge < -0.3 is 19.5 Å². The van der Waals surface area contributed by atoms with Gasteiger partial charge in [0.25, 0.3) is 0 Å². The highest BCUT2D eigenvalue weighted by molar-refractivity contribution is 7.99. The van der Waals surface area contributed by atoms with E-state index in [0.29, 0.717) is 29.9 Å². The second kappa shape index (κ2) is 9.08. The molecule has 1 N–H and O–H groups in total. The summed E-state index contributed by atoms with van der Waals surface area (Å²) in [6, 6.07) is 13.1. The van der Waals surface area contributed by atoms with Gasteiger partial charge in [-0.1, -0.05) is 30.0 Å². The van der Waals surface area contributed by atoms with Gasteiger partial charge in [-0.3, -0.25) is 9.36 Å². The van der Waals surface area contributed by atoms with Crippen molar-refractivity contribution in [3.05, 3.63) is 54.4 Å². The molecule has 0 saturated heterocycles. The van der Waals surface area contributed by atoms with E-state index in [1.54, 1.807) is 18.0 Å². The SMILES string of the molecule is COc1ccccc1-n1cnnc1SCC(=O)N[C@H](C)c1ccc2c(c1)OCCO2. The van der Waals surface area contributed by atoms with Crippen LogP contribution in [-0.4, -0.2) is 46.7 Å². The molecule has 2 aromatic carbocycles. The van der Waals surface area contributed by atoms with Gasteiger partial charge in [-0.15, -0.1) is 10.2 Å². The number of benzene rings is 2. The molecule has 9 heteroatoms. The number of nitrogens with zero attached hydrogens (tertiary/aromatic N) is 3. The first-order chi connectivity index (χ1) is 14.7. The molecule has 156 valence electrons. The number of nitrogens with one attached hydrogen (secondary N) is 1. The van der Waals surface area contributed by atoms with E-state index >= 15 is 0 Å². The molecule has 8 nitrogen and oxygen atoms in total. The molecule has 1 amide bonds. The summed E-state index contributed by atoms with van der Waals surface area (Å²) in [5, 5.41) is 11.7. The third kappa shape index (κ3) is 4.35. The number of carbonyl (C=O) groups excluding carboxylic acids is 1. The number of rotatable bonds is 7. The number of carbonyl (C=O) groups is 1. The first kappa shape index (κ1) is 20.1. The molecule has 0 bridgehead atoms. The van der Waals surface area contributed by atoms with Crippen LogP contribution in [-0.2, 0) is 4.79 Å². The number of aromatic nitrogens is 3. The van der Waals surface area contributed by atoms with Crippen LogP contribution in [0.3, 0.4) is 0 Å². The van der Waals surface area contributed by atoms with Crippen LogP contribution >= 0.6 is 11.8 Å². The van der Waals surface area contributed by atoms with Crippen LogP contribution in [0.2, 0.25) is 0 Å². The van der Waals surface area contributed by atoms with Crippen LogP contribution in [0.1, 0.15) is 18.5 Å². The van der Waals surface area contributed by atoms with Crippen LogP contribution in [0.4, 0.5) is 0 Å². The minimum absolute atomic E-state index is 0.100. The molecular formula is C21H22N4O4S. The van der Waals surface area contributed by atoms with Crippen molar-refractivity contribution in [1.82, 2.24) is 20.1 Å². The van der Waals surface area contributed by atoms with Crippen molar-refractivity contribution in [2.75, 3.05) is 26.1 Å². The molecule has 0 spiro atoms. The van der Waals surface area contributed by atoms with E-state index in [-0.39, 0.29) is 17.7 Å². The highest BCUT2D eigenvalue weighted by Crippen LogP contribution is 2.32. The van der Waals surface area contributed by atoms with Gasteiger partial charge in [-0.05, 0) is 36.8 Å². The molecule has 0 unspecified atom stereocenters. The Morgan fingerprint density at radius 2 is 2.03 bits per heavy atom. The molecule has 0 aliphatic carbocycles. The summed E-state index contributed by atoms with van der Waals surface area (Å²) in [5.74, 6) is 2.25. The molecule has 1 atom stereocenters. The average Bonchev–Trinajstić information content (AvgIpc) is 3.25. The predicted octanol–water partition coefficient (Wildman–Crippen LogP) is 3.02. The average molecular weight is 426 g/mol. The largest absolute Gasteiger partial charge is 0.495 e. The number of methoxy groups -OCH3 is 1. The topological polar surface area (TPSA) is 87.5 Å². The Bertz CT molecular complexity index is 1040. The van der Waals surface area contributed by atoms with Crippen molar-refractivity contribution < 1.29 is 19.0 Å². The Kier molecular flexibility index (Phi) is 6.08. The van der Waals surface area contributed by atoms with Crippen molar-refractivity contribution in [1.29, 1.82) is 0 Å². The zero-order valence-corrected chi connectivity index (χ0v) is 17.5. The van der Waals surface area contributed by atoms with Crippen LogP contribution in [0.15, 0.2) is 53.9 Å². The molecule has 4 rings (SSSR count). The molecule has 30 heavy (non-hydrogen) atoms. The highest BCUT2D eigenvalue weighted by atomic mass is 32.2. The third-order valence-corrected chi connectivity index (χ3v) is 5.58. The molecule has 0 radical (unpaired) electrons. The summed E-state index contributed by atoms with van der Waals surface area (Å²) in [4.78, 5) is 12.5. The van der Waals surface area contributed by atoms with Crippen molar-refractivity contribution in [3.8, 4) is 22.9 Å². The number of hydrogen-bond acceptors (Lipinski definition) is 7. The molecule has 1 aromatic heterocycles. The van der Waals surface area contributed by atoms with E-state index < -0.39 is 0 Å². The van der Waals surface area contributed by atoms with E-state index in [9.17, 15) is 4.79 Å². The van der Waals surface area contributed by atoms with Gasteiger partial charge in [0.05, 0.1) is 24.6 Å². The summed E-state index contributed by atoms with van der Waals surface area (Å²) >= 11 is 1.31. The fraction of sp³-hybridized carbons (Fsp3) is 0.286. The second-order valence-electron chi connectivity index (χ2n) is 6.64. The van der Waals surface area contributed by atoms with Gasteiger partial charge in [0.2, 0.25) is 5.91 Å². The maximum atomic E-state index is 12.5. The number of para-hydroxylation sites is 2. The maximum absolute atomic E-state index is 12.5. The zero-order chi connectivity index (χ0) is 20.9.